The van der Waals surface area contributed by atoms with E-state index in [1.807, 2.05) is 36.4 Å². The van der Waals surface area contributed by atoms with Gasteiger partial charge >= 0.3 is 0 Å². The van der Waals surface area contributed by atoms with Gasteiger partial charge in [-0.25, -0.2) is 0 Å². The zero-order valence-corrected chi connectivity index (χ0v) is 8.92. The van der Waals surface area contributed by atoms with Crippen LogP contribution in [0.25, 0.3) is 21.5 Å². The number of hydrogen-bond acceptors (Lipinski definition) is 3. The van der Waals surface area contributed by atoms with Crippen molar-refractivity contribution in [2.45, 2.75) is 0 Å². The minimum absolute atomic E-state index is 0.0469. The number of nitrogens with zero attached hydrogens (tertiary/aromatic N) is 1. The van der Waals surface area contributed by atoms with E-state index in [2.05, 4.69) is 5.18 Å². The Morgan fingerprint density at radius 3 is 1.82 bits per heavy atom. The fourth-order valence-electron chi connectivity index (χ4n) is 2.20. The summed E-state index contributed by atoms with van der Waals surface area (Å²) < 4.78 is 0. The quantitative estimate of drug-likeness (QED) is 0.498. The standard InChI is InChI=1S/C14H9NO2/c16-14-12-8-4-2-6-10(12)9-5-1-3-7-11(9)13(14)15-17/h1-8,16H. The molecule has 0 amide bonds. The highest BCUT2D eigenvalue weighted by Crippen LogP contribution is 2.42. The van der Waals surface area contributed by atoms with Gasteiger partial charge in [0, 0.05) is 10.8 Å². The summed E-state index contributed by atoms with van der Waals surface area (Å²) in [5.41, 5.74) is 0.110. The number of phenolic OH excluding ortho intramolecular Hbond substituents is 1. The number of nitroso groups, excluding NO2 is 1. The summed E-state index contributed by atoms with van der Waals surface area (Å²) in [6, 6.07) is 14.9. The first-order chi connectivity index (χ1) is 8.33. The van der Waals surface area contributed by atoms with E-state index in [-0.39, 0.29) is 11.4 Å². The van der Waals surface area contributed by atoms with E-state index in [0.717, 1.165) is 10.8 Å². The molecule has 0 aliphatic rings. The number of hydrogen-bond donors (Lipinski definition) is 1. The molecular weight excluding hydrogens is 214 g/mol. The predicted octanol–water partition coefficient (Wildman–Crippen LogP) is 4.10. The Morgan fingerprint density at radius 2 is 1.24 bits per heavy atom. The molecule has 0 aliphatic carbocycles. The van der Waals surface area contributed by atoms with Gasteiger partial charge < -0.3 is 5.11 Å². The Balaban J connectivity index is 2.68. The van der Waals surface area contributed by atoms with Gasteiger partial charge in [-0.2, -0.15) is 0 Å². The van der Waals surface area contributed by atoms with Crippen LogP contribution in [0.4, 0.5) is 5.69 Å². The highest BCUT2D eigenvalue weighted by molar-refractivity contribution is 6.15. The molecule has 0 spiro atoms. The maximum atomic E-state index is 10.9. The van der Waals surface area contributed by atoms with Crippen molar-refractivity contribution in [3.05, 3.63) is 53.4 Å². The van der Waals surface area contributed by atoms with Gasteiger partial charge in [0.25, 0.3) is 0 Å². The first-order valence-electron chi connectivity index (χ1n) is 5.28. The summed E-state index contributed by atoms with van der Waals surface area (Å²) in [7, 11) is 0. The van der Waals surface area contributed by atoms with E-state index >= 15 is 0 Å². The van der Waals surface area contributed by atoms with Crippen molar-refractivity contribution in [2.75, 3.05) is 0 Å². The van der Waals surface area contributed by atoms with Crippen molar-refractivity contribution in [1.29, 1.82) is 0 Å². The minimum atomic E-state index is -0.0469. The Bertz CT molecular complexity index is 735. The van der Waals surface area contributed by atoms with Crippen molar-refractivity contribution in [3.8, 4) is 5.75 Å². The van der Waals surface area contributed by atoms with Crippen molar-refractivity contribution >= 4 is 27.2 Å². The third kappa shape index (κ3) is 1.29. The normalized spacial score (nSPS) is 10.8. The molecule has 0 saturated carbocycles. The van der Waals surface area contributed by atoms with E-state index in [0.29, 0.717) is 10.8 Å². The van der Waals surface area contributed by atoms with Crippen LogP contribution < -0.4 is 0 Å². The monoisotopic (exact) mass is 223 g/mol. The second kappa shape index (κ2) is 3.56. The van der Waals surface area contributed by atoms with E-state index in [4.69, 9.17) is 0 Å². The molecule has 3 heteroatoms. The zero-order valence-electron chi connectivity index (χ0n) is 8.92. The molecule has 3 rings (SSSR count). The highest BCUT2D eigenvalue weighted by atomic mass is 16.3. The molecular formula is C14H9NO2. The number of phenols is 1. The van der Waals surface area contributed by atoms with Gasteiger partial charge in [-0.1, -0.05) is 48.5 Å². The smallest absolute Gasteiger partial charge is 0.158 e. The van der Waals surface area contributed by atoms with Gasteiger partial charge in [0.1, 0.15) is 0 Å². The molecule has 3 nitrogen and oxygen atoms in total. The molecule has 82 valence electrons. The molecule has 0 radical (unpaired) electrons. The number of rotatable bonds is 1. The van der Waals surface area contributed by atoms with Gasteiger partial charge in [-0.3, -0.25) is 0 Å². The first-order valence-corrected chi connectivity index (χ1v) is 5.28. The van der Waals surface area contributed by atoms with Gasteiger partial charge in [0.2, 0.25) is 0 Å². The molecule has 0 atom stereocenters. The maximum Gasteiger partial charge on any atom is 0.158 e. The molecule has 3 aromatic rings. The number of benzene rings is 3. The number of fused-ring (bicyclic) bond motifs is 3. The molecule has 3 aromatic carbocycles. The summed E-state index contributed by atoms with van der Waals surface area (Å²) in [6.45, 7) is 0. The Morgan fingerprint density at radius 1 is 0.765 bits per heavy atom. The third-order valence-corrected chi connectivity index (χ3v) is 2.97. The van der Waals surface area contributed by atoms with Crippen LogP contribution in [-0.4, -0.2) is 5.11 Å². The molecule has 0 fully saturated rings. The van der Waals surface area contributed by atoms with Gasteiger partial charge in [0.05, 0.1) is 0 Å². The van der Waals surface area contributed by atoms with E-state index in [1.54, 1.807) is 12.1 Å². The highest BCUT2D eigenvalue weighted by Gasteiger charge is 2.13. The van der Waals surface area contributed by atoms with Crippen molar-refractivity contribution in [3.63, 3.8) is 0 Å². The second-order valence-electron chi connectivity index (χ2n) is 3.88. The van der Waals surface area contributed by atoms with Crippen LogP contribution in [-0.2, 0) is 0 Å². The summed E-state index contributed by atoms with van der Waals surface area (Å²) in [5.74, 6) is -0.0469. The molecule has 0 unspecified atom stereocenters. The maximum absolute atomic E-state index is 10.9. The van der Waals surface area contributed by atoms with E-state index in [1.165, 1.54) is 0 Å². The summed E-state index contributed by atoms with van der Waals surface area (Å²) >= 11 is 0. The molecule has 1 N–H and O–H groups in total. The van der Waals surface area contributed by atoms with Crippen LogP contribution in [0, 0.1) is 4.91 Å². The molecule has 17 heavy (non-hydrogen) atoms. The fraction of sp³-hybridized carbons (Fsp3) is 0. The first kappa shape index (κ1) is 9.78. The van der Waals surface area contributed by atoms with Gasteiger partial charge in [0.15, 0.2) is 11.4 Å². The van der Waals surface area contributed by atoms with Crippen LogP contribution in [0.2, 0.25) is 0 Å². The summed E-state index contributed by atoms with van der Waals surface area (Å²) in [5, 5.41) is 16.2. The summed E-state index contributed by atoms with van der Waals surface area (Å²) in [4.78, 5) is 10.9. The fourth-order valence-corrected chi connectivity index (χ4v) is 2.20. The SMILES string of the molecule is O=Nc1c(O)c2ccccc2c2ccccc12. The van der Waals surface area contributed by atoms with Crippen molar-refractivity contribution in [1.82, 2.24) is 0 Å². The molecule has 0 aliphatic heterocycles. The topological polar surface area (TPSA) is 49.7 Å². The molecule has 0 heterocycles. The second-order valence-corrected chi connectivity index (χ2v) is 3.88. The molecule has 0 bridgehead atoms. The Kier molecular flexibility index (Phi) is 2.05. The van der Waals surface area contributed by atoms with Crippen molar-refractivity contribution < 1.29 is 5.11 Å². The summed E-state index contributed by atoms with van der Waals surface area (Å²) in [6.07, 6.45) is 0. The lowest BCUT2D eigenvalue weighted by Crippen LogP contribution is -1.80. The van der Waals surface area contributed by atoms with Crippen LogP contribution in [0.5, 0.6) is 5.75 Å². The predicted molar refractivity (Wildman–Crippen MR) is 68.6 cm³/mol. The van der Waals surface area contributed by atoms with E-state index in [9.17, 15) is 10.0 Å². The van der Waals surface area contributed by atoms with E-state index < -0.39 is 0 Å². The van der Waals surface area contributed by atoms with Crippen LogP contribution >= 0.6 is 0 Å². The van der Waals surface area contributed by atoms with Crippen LogP contribution in [0.15, 0.2) is 53.7 Å². The lowest BCUT2D eigenvalue weighted by atomic mass is 9.99. The van der Waals surface area contributed by atoms with Gasteiger partial charge in [-0.05, 0) is 15.9 Å². The lowest BCUT2D eigenvalue weighted by molar-refractivity contribution is 0.483. The zero-order chi connectivity index (χ0) is 11.8. The van der Waals surface area contributed by atoms with Crippen molar-refractivity contribution in [2.24, 2.45) is 5.18 Å². The lowest BCUT2D eigenvalue weighted by Gasteiger charge is -2.08. The third-order valence-electron chi connectivity index (χ3n) is 2.97. The average molecular weight is 223 g/mol. The van der Waals surface area contributed by atoms with Crippen LogP contribution in [0.1, 0.15) is 0 Å². The Labute approximate surface area is 97.3 Å². The molecule has 0 saturated heterocycles. The van der Waals surface area contributed by atoms with Gasteiger partial charge in [-0.15, -0.1) is 4.91 Å². The largest absolute Gasteiger partial charge is 0.505 e. The van der Waals surface area contributed by atoms with Crippen LogP contribution in [0.3, 0.4) is 0 Å². The average Bonchev–Trinajstić information content (AvgIpc) is 2.40. The number of aromatic hydroxyl groups is 1. The minimum Gasteiger partial charge on any atom is -0.505 e. The Hall–Kier alpha value is -2.42. The molecule has 0 aromatic heterocycles.